The van der Waals surface area contributed by atoms with Crippen LogP contribution in [-0.2, 0) is 9.59 Å². The summed E-state index contributed by atoms with van der Waals surface area (Å²) in [6, 6.07) is 8.88. The molecule has 2 saturated heterocycles. The highest BCUT2D eigenvalue weighted by atomic mass is 79.9. The van der Waals surface area contributed by atoms with E-state index in [0.717, 1.165) is 33.8 Å². The van der Waals surface area contributed by atoms with Crippen LogP contribution in [0, 0.1) is 6.92 Å². The molecule has 170 valence electrons. The van der Waals surface area contributed by atoms with Crippen LogP contribution in [0.3, 0.4) is 0 Å². The first kappa shape index (κ1) is 22.8. The molecule has 2 aromatic rings. The molecule has 1 N–H and O–H groups in total. The molecule has 1 aromatic heterocycles. The summed E-state index contributed by atoms with van der Waals surface area (Å²) in [6.07, 6.45) is 0.130. The number of nitrogens with one attached hydrogen (secondary N) is 1. The minimum Gasteiger partial charge on any atom is -0.399 e. The van der Waals surface area contributed by atoms with E-state index in [-0.39, 0.29) is 24.3 Å². The third-order valence-electron chi connectivity index (χ3n) is 5.69. The number of hydrogen-bond acceptors (Lipinski definition) is 6. The van der Waals surface area contributed by atoms with Crippen molar-refractivity contribution in [2.24, 2.45) is 0 Å². The normalized spacial score (nSPS) is 19.9. The summed E-state index contributed by atoms with van der Waals surface area (Å²) >= 11 is 4.64. The van der Waals surface area contributed by atoms with Gasteiger partial charge in [-0.2, -0.15) is 0 Å². The molecule has 3 amide bonds. The van der Waals surface area contributed by atoms with Gasteiger partial charge in [0.1, 0.15) is 0 Å². The van der Waals surface area contributed by atoms with Crippen LogP contribution in [-0.4, -0.2) is 62.1 Å². The third-order valence-corrected chi connectivity index (χ3v) is 7.19. The van der Waals surface area contributed by atoms with E-state index >= 15 is 0 Å². The number of hydrogen-bond donors (Lipinski definition) is 1. The number of thiophene rings is 1. The second-order valence-electron chi connectivity index (χ2n) is 8.07. The zero-order valence-electron chi connectivity index (χ0n) is 18.0. The second kappa shape index (κ2) is 9.60. The summed E-state index contributed by atoms with van der Waals surface area (Å²) in [6.45, 7) is 4.55. The average molecular weight is 521 g/mol. The standard InChI is InChI=1S/C22H25BrN4O4S/c1-14-11-16(3-4-17(14)26-10-9-25(2)8-7-19(26)28)27-13-15(12-20(27)29)24-22(30)31-21-6-5-18(23)32-21/h3-6,11,15H,7-10,12-13H2,1-2H3,(H,24,30). The molecule has 2 fully saturated rings. The lowest BCUT2D eigenvalue weighted by Gasteiger charge is -2.25. The lowest BCUT2D eigenvalue weighted by atomic mass is 10.1. The molecule has 8 nitrogen and oxygen atoms in total. The van der Waals surface area contributed by atoms with E-state index in [2.05, 4.69) is 26.1 Å². The maximum atomic E-state index is 12.6. The first-order valence-electron chi connectivity index (χ1n) is 10.4. The summed E-state index contributed by atoms with van der Waals surface area (Å²) in [4.78, 5) is 43.0. The van der Waals surface area contributed by atoms with Crippen molar-refractivity contribution < 1.29 is 19.1 Å². The monoisotopic (exact) mass is 520 g/mol. The van der Waals surface area contributed by atoms with Crippen LogP contribution >= 0.6 is 27.3 Å². The molecule has 32 heavy (non-hydrogen) atoms. The van der Waals surface area contributed by atoms with Crippen molar-refractivity contribution in [3.05, 3.63) is 39.7 Å². The Labute approximate surface area is 199 Å². The molecule has 0 saturated carbocycles. The van der Waals surface area contributed by atoms with Gasteiger partial charge in [-0.05, 0) is 65.8 Å². The fraction of sp³-hybridized carbons (Fsp3) is 0.409. The van der Waals surface area contributed by atoms with Gasteiger partial charge in [0.2, 0.25) is 11.8 Å². The number of ether oxygens (including phenoxy) is 1. The van der Waals surface area contributed by atoms with Crippen molar-refractivity contribution in [3.63, 3.8) is 0 Å². The number of halogens is 1. The molecule has 2 aliphatic rings. The molecule has 1 unspecified atom stereocenters. The van der Waals surface area contributed by atoms with E-state index in [4.69, 9.17) is 4.74 Å². The van der Waals surface area contributed by atoms with E-state index in [1.54, 1.807) is 17.0 Å². The molecule has 0 radical (unpaired) electrons. The highest BCUT2D eigenvalue weighted by molar-refractivity contribution is 9.11. The second-order valence-corrected chi connectivity index (χ2v) is 10.5. The zero-order chi connectivity index (χ0) is 22.8. The van der Waals surface area contributed by atoms with Crippen LogP contribution < -0.4 is 19.9 Å². The van der Waals surface area contributed by atoms with Gasteiger partial charge >= 0.3 is 6.09 Å². The molecular weight excluding hydrogens is 496 g/mol. The number of amides is 3. The highest BCUT2D eigenvalue weighted by Crippen LogP contribution is 2.30. The van der Waals surface area contributed by atoms with Gasteiger partial charge in [0.25, 0.3) is 0 Å². The Hall–Kier alpha value is -2.43. The summed E-state index contributed by atoms with van der Waals surface area (Å²) in [5.74, 6) is 0.0526. The van der Waals surface area contributed by atoms with E-state index in [1.165, 1.54) is 11.3 Å². The van der Waals surface area contributed by atoms with Crippen LogP contribution in [0.1, 0.15) is 18.4 Å². The lowest BCUT2D eigenvalue weighted by molar-refractivity contribution is -0.118. The SMILES string of the molecule is Cc1cc(N2CC(NC(=O)Oc3ccc(Br)s3)CC2=O)ccc1N1CCN(C)CCC1=O. The maximum absolute atomic E-state index is 12.6. The van der Waals surface area contributed by atoms with E-state index < -0.39 is 6.09 Å². The number of nitrogens with zero attached hydrogens (tertiary/aromatic N) is 3. The van der Waals surface area contributed by atoms with Crippen LogP contribution in [0.2, 0.25) is 0 Å². The molecule has 3 heterocycles. The molecule has 1 atom stereocenters. The first-order chi connectivity index (χ1) is 15.3. The Morgan fingerprint density at radius 2 is 1.94 bits per heavy atom. The van der Waals surface area contributed by atoms with E-state index in [9.17, 15) is 14.4 Å². The van der Waals surface area contributed by atoms with Crippen molar-refractivity contribution in [1.82, 2.24) is 10.2 Å². The number of benzene rings is 1. The Balaban J connectivity index is 1.41. The fourth-order valence-electron chi connectivity index (χ4n) is 3.99. The van der Waals surface area contributed by atoms with Gasteiger partial charge in [-0.3, -0.25) is 9.59 Å². The van der Waals surface area contributed by atoms with E-state index in [0.29, 0.717) is 24.6 Å². The number of likely N-dealkylation sites (N-methyl/N-ethyl adjacent to an activating group) is 1. The van der Waals surface area contributed by atoms with Crippen molar-refractivity contribution in [2.45, 2.75) is 25.8 Å². The Kier molecular flexibility index (Phi) is 6.82. The van der Waals surface area contributed by atoms with Crippen LogP contribution in [0.5, 0.6) is 5.06 Å². The molecule has 0 aliphatic carbocycles. The largest absolute Gasteiger partial charge is 0.413 e. The smallest absolute Gasteiger partial charge is 0.399 e. The van der Waals surface area contributed by atoms with Gasteiger partial charge in [0.15, 0.2) is 5.06 Å². The van der Waals surface area contributed by atoms with Gasteiger partial charge in [-0.25, -0.2) is 4.79 Å². The highest BCUT2D eigenvalue weighted by Gasteiger charge is 2.32. The number of carbonyl (C=O) groups excluding carboxylic acids is 3. The Bertz CT molecular complexity index is 1040. The summed E-state index contributed by atoms with van der Waals surface area (Å²) in [5.41, 5.74) is 2.57. The Morgan fingerprint density at radius 1 is 1.12 bits per heavy atom. The number of rotatable bonds is 4. The molecular formula is C22H25BrN4O4S. The maximum Gasteiger partial charge on any atom is 0.413 e. The van der Waals surface area contributed by atoms with Crippen molar-refractivity contribution in [3.8, 4) is 5.06 Å². The van der Waals surface area contributed by atoms with Crippen LogP contribution in [0.4, 0.5) is 16.2 Å². The number of anilines is 2. The summed E-state index contributed by atoms with van der Waals surface area (Å²) < 4.78 is 6.14. The summed E-state index contributed by atoms with van der Waals surface area (Å²) in [5, 5.41) is 3.25. The molecule has 1 aromatic carbocycles. The minimum atomic E-state index is -0.574. The third kappa shape index (κ3) is 5.13. The predicted molar refractivity (Wildman–Crippen MR) is 128 cm³/mol. The number of carbonyl (C=O) groups is 3. The predicted octanol–water partition coefficient (Wildman–Crippen LogP) is 3.38. The van der Waals surface area contributed by atoms with Gasteiger partial charge < -0.3 is 24.8 Å². The molecule has 10 heteroatoms. The Morgan fingerprint density at radius 3 is 2.66 bits per heavy atom. The number of aryl methyl sites for hydroxylation is 1. The zero-order valence-corrected chi connectivity index (χ0v) is 20.4. The lowest BCUT2D eigenvalue weighted by Crippen LogP contribution is -2.38. The minimum absolute atomic E-state index is 0.0613. The molecule has 2 aliphatic heterocycles. The van der Waals surface area contributed by atoms with Gasteiger partial charge in [-0.1, -0.05) is 11.3 Å². The van der Waals surface area contributed by atoms with Crippen molar-refractivity contribution in [1.29, 1.82) is 0 Å². The summed E-state index contributed by atoms with van der Waals surface area (Å²) in [7, 11) is 2.02. The van der Waals surface area contributed by atoms with Crippen molar-refractivity contribution >= 4 is 56.5 Å². The fourth-order valence-corrected chi connectivity index (χ4v) is 5.18. The molecule has 4 rings (SSSR count). The quantitative estimate of drug-likeness (QED) is 0.668. The van der Waals surface area contributed by atoms with Gasteiger partial charge in [0.05, 0.1) is 9.83 Å². The van der Waals surface area contributed by atoms with Crippen LogP contribution in [0.15, 0.2) is 34.1 Å². The van der Waals surface area contributed by atoms with Gasteiger partial charge in [0, 0.05) is 50.4 Å². The average Bonchev–Trinajstić information content (AvgIpc) is 3.26. The van der Waals surface area contributed by atoms with Gasteiger partial charge in [-0.15, -0.1) is 0 Å². The molecule has 0 bridgehead atoms. The topological polar surface area (TPSA) is 82.2 Å². The van der Waals surface area contributed by atoms with Crippen LogP contribution in [0.25, 0.3) is 0 Å². The first-order valence-corrected chi connectivity index (χ1v) is 12.0. The molecule has 0 spiro atoms. The van der Waals surface area contributed by atoms with E-state index in [1.807, 2.05) is 37.1 Å². The van der Waals surface area contributed by atoms with Crippen molar-refractivity contribution in [2.75, 3.05) is 43.0 Å².